The molecule has 0 radical (unpaired) electrons. The van der Waals surface area contributed by atoms with Crippen LogP contribution in [0.4, 0.5) is 28.4 Å². The summed E-state index contributed by atoms with van der Waals surface area (Å²) >= 11 is 40.5. The van der Waals surface area contributed by atoms with E-state index < -0.39 is 14.8 Å². The molecule has 1 saturated heterocycles. The number of halogens is 12. The summed E-state index contributed by atoms with van der Waals surface area (Å²) in [5, 5.41) is 52.0. The number of aromatic nitrogens is 3. The minimum absolute atomic E-state index is 0.0689. The average molecular weight is 2440 g/mol. The fraction of sp³-hybridized carbons (Fsp3) is 0.0745. The summed E-state index contributed by atoms with van der Waals surface area (Å²) in [7, 11) is 0. The number of nitrogens with one attached hydrogen (secondary N) is 1. The summed E-state index contributed by atoms with van der Waals surface area (Å²) in [4.78, 5) is 45.3. The van der Waals surface area contributed by atoms with Crippen molar-refractivity contribution in [3.8, 4) is 33.6 Å². The predicted octanol–water partition coefficient (Wildman–Crippen LogP) is 32.9. The van der Waals surface area contributed by atoms with Gasteiger partial charge in [-0.2, -0.15) is 0 Å². The topological polar surface area (TPSA) is 290 Å². The molecular weight excluding hydrogens is 2370 g/mol. The fourth-order valence-electron chi connectivity index (χ4n) is 13.4. The summed E-state index contributed by atoms with van der Waals surface area (Å²) in [5.41, 5.74) is 28.8. The number of benzene rings is 14. The van der Waals surface area contributed by atoms with Crippen LogP contribution in [0.25, 0.3) is 105 Å². The highest BCUT2D eigenvalue weighted by Gasteiger charge is 2.30. The second-order valence-corrected chi connectivity index (χ2v) is 39.4. The van der Waals surface area contributed by atoms with Gasteiger partial charge in [0.25, 0.3) is 17.1 Å². The maximum atomic E-state index is 11.1. The van der Waals surface area contributed by atoms with E-state index in [0.717, 1.165) is 111 Å². The largest absolute Gasteiger partial charge is 0.398 e. The highest BCUT2D eigenvalue weighted by atomic mass is 79.9. The molecule has 0 aliphatic carbocycles. The van der Waals surface area contributed by atoms with Gasteiger partial charge in [0.05, 0.1) is 65.7 Å². The van der Waals surface area contributed by atoms with Crippen molar-refractivity contribution in [1.29, 1.82) is 10.8 Å². The van der Waals surface area contributed by atoms with E-state index in [2.05, 4.69) is 390 Å². The first-order valence-corrected chi connectivity index (χ1v) is 46.8. The molecule has 18 rings (SSSR count). The highest BCUT2D eigenvalue weighted by Crippen LogP contribution is 2.43. The molecule has 0 bridgehead atoms. The smallest absolute Gasteiger partial charge is 0.284 e. The van der Waals surface area contributed by atoms with Crippen molar-refractivity contribution in [2.45, 2.75) is 27.1 Å². The van der Waals surface area contributed by atoms with Crippen LogP contribution in [-0.2, 0) is 9.47 Å². The molecule has 632 valence electrons. The molecule has 1 fully saturated rings. The van der Waals surface area contributed by atoms with Gasteiger partial charge < -0.3 is 35.1 Å². The monoisotopic (exact) mass is 2430 g/mol. The van der Waals surface area contributed by atoms with Gasteiger partial charge in [-0.15, -0.1) is 0 Å². The van der Waals surface area contributed by atoms with E-state index in [0.29, 0.717) is 34.8 Å². The van der Waals surface area contributed by atoms with Gasteiger partial charge in [0.1, 0.15) is 6.29 Å². The van der Waals surface area contributed by atoms with E-state index in [1.54, 1.807) is 24.3 Å². The summed E-state index contributed by atoms with van der Waals surface area (Å²) in [6.07, 6.45) is 2.55. The number of anilines is 2. The predicted molar refractivity (Wildman–Crippen MR) is 547 cm³/mol. The molecule has 1 aliphatic rings. The van der Waals surface area contributed by atoms with Crippen LogP contribution in [0.1, 0.15) is 47.2 Å². The third-order valence-corrected chi connectivity index (χ3v) is 25.3. The molecule has 1 aliphatic heterocycles. The van der Waals surface area contributed by atoms with Crippen molar-refractivity contribution in [2.75, 3.05) is 24.7 Å². The number of nitrogens with zero attached hydrogens (tertiary/aromatic N) is 7. The number of hydrogen-bond acceptors (Lipinski definition) is 13. The Hall–Kier alpha value is -9.21. The first-order chi connectivity index (χ1) is 59.7. The number of aldehydes is 1. The van der Waals surface area contributed by atoms with Crippen molar-refractivity contribution in [1.82, 2.24) is 14.1 Å². The van der Waals surface area contributed by atoms with Gasteiger partial charge in [-0.3, -0.25) is 35.1 Å². The maximum absolute atomic E-state index is 11.1. The van der Waals surface area contributed by atoms with Crippen molar-refractivity contribution in [3.63, 3.8) is 0 Å². The van der Waals surface area contributed by atoms with Crippen LogP contribution >= 0.6 is 191 Å². The molecule has 5 N–H and O–H groups in total. The van der Waals surface area contributed by atoms with Crippen LogP contribution in [-0.4, -0.2) is 48.4 Å². The number of nitro benzene ring substituents is 3. The van der Waals surface area contributed by atoms with E-state index in [1.807, 2.05) is 66.7 Å². The SMILES string of the molecule is Brc1ccc2c(c1)[nH]c1cc(Br)ccc12.C=Cc1ccc(-n2c3cc(Br)ccc3c3ccc(Br)cc32)cc1.Cc1ccc(C2OCC(C)(C)CO2)cc1.N#N.Nc1cc(Br)ccc1-c1ccc(Br)cc1N.O=Cc1ccc(-n2c3cc(Br)ccc3c3ccc(Br)cc32)cc1.O=[N+]([O-])c1cc(Br)ccc1-c1ccc(Br)cc1[N+](=O)[O-].O=[N+]([O-])c1cc(Br)ccc1Br. The molecule has 31 heteroatoms. The second-order valence-electron chi connectivity index (χ2n) is 28.5. The highest BCUT2D eigenvalue weighted by molar-refractivity contribution is 9.12. The Morgan fingerprint density at radius 1 is 0.392 bits per heavy atom. The number of aryl methyl sites for hydroxylation is 1. The number of carbonyl (C=O) groups excluding carboxylic acids is 1. The zero-order chi connectivity index (χ0) is 90.3. The van der Waals surface area contributed by atoms with Gasteiger partial charge in [0, 0.05) is 172 Å². The van der Waals surface area contributed by atoms with Gasteiger partial charge in [-0.25, -0.2) is 0 Å². The lowest BCUT2D eigenvalue weighted by Crippen LogP contribution is -2.33. The summed E-state index contributed by atoms with van der Waals surface area (Å²) in [6.45, 7) is 11.7. The zero-order valence-corrected chi connectivity index (χ0v) is 84.9. The molecule has 14 aromatic carbocycles. The molecule has 125 heavy (non-hydrogen) atoms. The van der Waals surface area contributed by atoms with E-state index >= 15 is 0 Å². The lowest BCUT2D eigenvalue weighted by Gasteiger charge is -2.34. The Kier molecular flexibility index (Phi) is 33.9. The average Bonchev–Trinajstić information content (AvgIpc) is 1.60. The number of nitro groups is 3. The van der Waals surface area contributed by atoms with Crippen LogP contribution < -0.4 is 11.5 Å². The van der Waals surface area contributed by atoms with Crippen LogP contribution in [0.15, 0.2) is 333 Å². The van der Waals surface area contributed by atoms with Crippen LogP contribution in [0, 0.1) is 53.5 Å². The molecule has 4 heterocycles. The second kappa shape index (κ2) is 44.0. The van der Waals surface area contributed by atoms with Gasteiger partial charge in [0.15, 0.2) is 6.29 Å². The van der Waals surface area contributed by atoms with Crippen molar-refractivity contribution >= 4 is 297 Å². The maximum Gasteiger partial charge on any atom is 0.284 e. The van der Waals surface area contributed by atoms with Crippen molar-refractivity contribution < 1.29 is 29.0 Å². The quantitative estimate of drug-likeness (QED) is 0.0378. The number of H-pyrrole nitrogens is 1. The molecule has 17 aromatic rings. The molecule has 0 spiro atoms. The minimum atomic E-state index is -0.564. The minimum Gasteiger partial charge on any atom is -0.398 e. The van der Waals surface area contributed by atoms with Gasteiger partial charge in [-0.05, 0) is 198 Å². The van der Waals surface area contributed by atoms with E-state index in [9.17, 15) is 35.1 Å². The summed E-state index contributed by atoms with van der Waals surface area (Å²) in [6, 6.07) is 87.7. The van der Waals surface area contributed by atoms with Crippen LogP contribution in [0.3, 0.4) is 0 Å². The Morgan fingerprint density at radius 2 is 0.688 bits per heavy atom. The number of aromatic amines is 1. The first kappa shape index (κ1) is 96.4. The van der Waals surface area contributed by atoms with E-state index in [1.165, 1.54) is 79.2 Å². The fourth-order valence-corrected chi connectivity index (χ4v) is 17.7. The van der Waals surface area contributed by atoms with Crippen LogP contribution in [0.5, 0.6) is 0 Å². The first-order valence-electron chi connectivity index (χ1n) is 37.3. The summed E-state index contributed by atoms with van der Waals surface area (Å²) in [5.74, 6) is 0. The molecule has 0 unspecified atom stereocenters. The van der Waals surface area contributed by atoms with Gasteiger partial charge in [0.2, 0.25) is 0 Å². The van der Waals surface area contributed by atoms with E-state index in [-0.39, 0.29) is 39.9 Å². The molecule has 3 aromatic heterocycles. The molecule has 0 atom stereocenters. The lowest BCUT2D eigenvalue weighted by atomic mass is 9.95. The molecule has 0 saturated carbocycles. The Morgan fingerprint density at radius 3 is 1.02 bits per heavy atom. The zero-order valence-electron chi connectivity index (χ0n) is 65.8. The van der Waals surface area contributed by atoms with Gasteiger partial charge >= 0.3 is 0 Å². The number of hydrogen-bond donors (Lipinski definition) is 3. The Balaban J connectivity index is 0.000000143. The Labute approximate surface area is 818 Å². The van der Waals surface area contributed by atoms with Gasteiger partial charge in [-0.1, -0.05) is 292 Å². The lowest BCUT2D eigenvalue weighted by molar-refractivity contribution is -0.386. The number of ether oxygens (including phenoxy) is 2. The normalized spacial score (nSPS) is 11.9. The van der Waals surface area contributed by atoms with Crippen molar-refractivity contribution in [3.05, 3.63) is 386 Å². The standard InChI is InChI=1S/C20H13Br2N.C19H11Br2NO.C13H18O2.C12H6Br2N2O4.C12H10Br2N2.C12H7Br2N.C6H3Br2NO2.N2/c1-2-13-3-7-16(8-4-13)23-19-11-14(21)5-9-17(19)18-10-6-15(22)12-20(18)23;20-13-3-7-16-17-8-4-14(21)10-19(17)22(18(16)9-13)15-5-1-12(11-23)2-6-15;1-10-4-6-11(7-5-10)12-14-8-13(2,3)9-15-12;13-7-1-3-9(11(5-7)15(17)18)10-4-2-8(14)6-12(10)16(19)20;13-7-1-3-9(11(15)5-7)10-4-2-8(14)6-12(10)16;13-7-1-3-9-10-4-2-8(14)6-12(10)15-11(9)5-7;7-4-1-2-5(8)6(3-4)9(10)11;1-2/h2-12H,1H2;1-11H;4-7,12H,8-9H2,1-3H3;1-6H;1-6H,15-16H2;1-6,15H;1-3H;. The number of fused-ring (bicyclic) bond motifs is 9. The van der Waals surface area contributed by atoms with Crippen LogP contribution in [0.2, 0.25) is 0 Å². The number of rotatable bonds is 10. The number of nitrogens with two attached hydrogens (primary N) is 2. The molecular formula is C94H68Br12N10O9. The summed E-state index contributed by atoms with van der Waals surface area (Å²) < 4.78 is 26.5. The number of nitrogen functional groups attached to an aromatic ring is 2. The number of carbonyl (C=O) groups is 1. The molecule has 19 nitrogen and oxygen atoms in total. The van der Waals surface area contributed by atoms with E-state index in [4.69, 9.17) is 31.7 Å². The Bertz CT molecular complexity index is 6460. The van der Waals surface area contributed by atoms with Crippen molar-refractivity contribution in [2.24, 2.45) is 5.41 Å². The third-order valence-electron chi connectivity index (χ3n) is 19.2. The third kappa shape index (κ3) is 24.6. The molecule has 0 amide bonds.